The van der Waals surface area contributed by atoms with Crippen LogP contribution in [0.2, 0.25) is 0 Å². The van der Waals surface area contributed by atoms with Gasteiger partial charge in [-0.15, -0.1) is 11.3 Å². The van der Waals surface area contributed by atoms with Crippen molar-refractivity contribution in [3.05, 3.63) is 41.4 Å². The molecule has 3 rings (SSSR count). The first-order valence-corrected chi connectivity index (χ1v) is 10.2. The maximum absolute atomic E-state index is 12.8. The number of thiazole rings is 1. The van der Waals surface area contributed by atoms with Crippen LogP contribution in [0.5, 0.6) is 0 Å². The Balaban J connectivity index is 1.60. The van der Waals surface area contributed by atoms with E-state index < -0.39 is 0 Å². The Morgan fingerprint density at radius 2 is 1.93 bits per heavy atom. The van der Waals surface area contributed by atoms with Crippen molar-refractivity contribution in [2.75, 3.05) is 23.7 Å². The zero-order valence-electron chi connectivity index (χ0n) is 16.0. The Morgan fingerprint density at radius 3 is 2.57 bits per heavy atom. The third kappa shape index (κ3) is 4.95. The average molecular weight is 401 g/mol. The van der Waals surface area contributed by atoms with Gasteiger partial charge in [0, 0.05) is 41.8 Å². The number of aromatic nitrogens is 1. The number of rotatable bonds is 5. The average Bonchev–Trinajstić information content (AvgIpc) is 3.21. The van der Waals surface area contributed by atoms with Crippen molar-refractivity contribution in [1.29, 1.82) is 0 Å². The highest BCUT2D eigenvalue weighted by atomic mass is 32.1. The summed E-state index contributed by atoms with van der Waals surface area (Å²) in [6, 6.07) is 6.86. The van der Waals surface area contributed by atoms with Gasteiger partial charge < -0.3 is 15.5 Å². The lowest BCUT2D eigenvalue weighted by atomic mass is 9.96. The lowest BCUT2D eigenvalue weighted by Gasteiger charge is -2.32. The maximum atomic E-state index is 12.8. The fourth-order valence-corrected chi connectivity index (χ4v) is 3.57. The largest absolute Gasteiger partial charge is 0.338 e. The van der Waals surface area contributed by atoms with E-state index in [1.165, 1.54) is 11.3 Å². The standard InChI is InChI=1S/C20H24N4O3S/c1-13(2)17(25)22-16-7-5-14(6-8-16)19(27)24-10-3-4-15(12-24)18(26)23-20-21-9-11-28-20/h5-9,11,13,15H,3-4,10,12H2,1-2H3,(H,22,25)(H,21,23,26). The van der Waals surface area contributed by atoms with Crippen LogP contribution < -0.4 is 10.6 Å². The molecule has 28 heavy (non-hydrogen) atoms. The van der Waals surface area contributed by atoms with Gasteiger partial charge in [0.15, 0.2) is 5.13 Å². The number of anilines is 2. The van der Waals surface area contributed by atoms with Gasteiger partial charge in [-0.1, -0.05) is 13.8 Å². The minimum absolute atomic E-state index is 0.0656. The topological polar surface area (TPSA) is 91.4 Å². The minimum Gasteiger partial charge on any atom is -0.338 e. The zero-order chi connectivity index (χ0) is 20.1. The van der Waals surface area contributed by atoms with E-state index in [9.17, 15) is 14.4 Å². The molecule has 1 atom stereocenters. The number of hydrogen-bond donors (Lipinski definition) is 2. The molecule has 2 N–H and O–H groups in total. The molecule has 1 fully saturated rings. The van der Waals surface area contributed by atoms with E-state index in [4.69, 9.17) is 0 Å². The number of amides is 3. The van der Waals surface area contributed by atoms with E-state index in [-0.39, 0.29) is 29.6 Å². The SMILES string of the molecule is CC(C)C(=O)Nc1ccc(C(=O)N2CCCC(C(=O)Nc3nccs3)C2)cc1. The molecular formula is C20H24N4O3S. The molecule has 1 saturated heterocycles. The van der Waals surface area contributed by atoms with Crippen LogP contribution >= 0.6 is 11.3 Å². The van der Waals surface area contributed by atoms with E-state index in [2.05, 4.69) is 15.6 Å². The second-order valence-electron chi connectivity index (χ2n) is 7.14. The highest BCUT2D eigenvalue weighted by Gasteiger charge is 2.29. The predicted octanol–water partition coefficient (Wildman–Crippen LogP) is 3.23. The van der Waals surface area contributed by atoms with E-state index in [1.807, 2.05) is 13.8 Å². The molecular weight excluding hydrogens is 376 g/mol. The molecule has 1 aliphatic heterocycles. The van der Waals surface area contributed by atoms with Gasteiger partial charge in [0.2, 0.25) is 11.8 Å². The van der Waals surface area contributed by atoms with E-state index >= 15 is 0 Å². The Kier molecular flexibility index (Phi) is 6.41. The lowest BCUT2D eigenvalue weighted by Crippen LogP contribution is -2.43. The van der Waals surface area contributed by atoms with Crippen molar-refractivity contribution in [3.63, 3.8) is 0 Å². The van der Waals surface area contributed by atoms with Crippen molar-refractivity contribution >= 4 is 39.9 Å². The van der Waals surface area contributed by atoms with Crippen LogP contribution in [0.3, 0.4) is 0 Å². The fraction of sp³-hybridized carbons (Fsp3) is 0.400. The molecule has 3 amide bonds. The Hall–Kier alpha value is -2.74. The molecule has 1 aliphatic rings. The van der Waals surface area contributed by atoms with Gasteiger partial charge in [0.05, 0.1) is 5.92 Å². The minimum atomic E-state index is -0.244. The predicted molar refractivity (Wildman–Crippen MR) is 109 cm³/mol. The van der Waals surface area contributed by atoms with Crippen molar-refractivity contribution < 1.29 is 14.4 Å². The number of piperidine rings is 1. The summed E-state index contributed by atoms with van der Waals surface area (Å²) in [5.74, 6) is -0.620. The second-order valence-corrected chi connectivity index (χ2v) is 8.03. The number of hydrogen-bond acceptors (Lipinski definition) is 5. The van der Waals surface area contributed by atoms with Gasteiger partial charge in [-0.05, 0) is 37.1 Å². The third-order valence-electron chi connectivity index (χ3n) is 4.67. The first-order chi connectivity index (χ1) is 13.4. The Morgan fingerprint density at radius 1 is 1.18 bits per heavy atom. The van der Waals surface area contributed by atoms with Gasteiger partial charge in [-0.2, -0.15) is 0 Å². The molecule has 0 saturated carbocycles. The number of carbonyl (C=O) groups is 3. The normalized spacial score (nSPS) is 16.7. The van der Waals surface area contributed by atoms with Crippen LogP contribution in [0.1, 0.15) is 37.0 Å². The molecule has 2 aromatic rings. The summed E-state index contributed by atoms with van der Waals surface area (Å²) in [6.07, 6.45) is 3.18. The molecule has 2 heterocycles. The fourth-order valence-electron chi connectivity index (χ4n) is 3.03. The number of likely N-dealkylation sites (tertiary alicyclic amines) is 1. The van der Waals surface area contributed by atoms with Gasteiger partial charge in [-0.25, -0.2) is 4.98 Å². The third-order valence-corrected chi connectivity index (χ3v) is 5.35. The van der Waals surface area contributed by atoms with Crippen LogP contribution in [0, 0.1) is 11.8 Å². The summed E-state index contributed by atoms with van der Waals surface area (Å²) in [4.78, 5) is 42.8. The number of nitrogens with one attached hydrogen (secondary N) is 2. The molecule has 148 valence electrons. The molecule has 0 spiro atoms. The van der Waals surface area contributed by atoms with Crippen LogP contribution in [0.4, 0.5) is 10.8 Å². The summed E-state index contributed by atoms with van der Waals surface area (Å²) in [7, 11) is 0. The Labute approximate surface area is 168 Å². The lowest BCUT2D eigenvalue weighted by molar-refractivity contribution is -0.121. The first kappa shape index (κ1) is 20.0. The van der Waals surface area contributed by atoms with Crippen LogP contribution in [-0.4, -0.2) is 40.7 Å². The molecule has 0 radical (unpaired) electrons. The smallest absolute Gasteiger partial charge is 0.253 e. The summed E-state index contributed by atoms with van der Waals surface area (Å²) < 4.78 is 0. The van der Waals surface area contributed by atoms with E-state index in [0.717, 1.165) is 12.8 Å². The molecule has 0 aliphatic carbocycles. The molecule has 1 unspecified atom stereocenters. The summed E-state index contributed by atoms with van der Waals surface area (Å²) in [5.41, 5.74) is 1.21. The van der Waals surface area contributed by atoms with Gasteiger partial charge >= 0.3 is 0 Å². The molecule has 1 aromatic heterocycles. The highest BCUT2D eigenvalue weighted by molar-refractivity contribution is 7.13. The summed E-state index contributed by atoms with van der Waals surface area (Å²) >= 11 is 1.37. The van der Waals surface area contributed by atoms with Crippen LogP contribution in [0.25, 0.3) is 0 Å². The number of benzene rings is 1. The number of carbonyl (C=O) groups excluding carboxylic acids is 3. The molecule has 7 nitrogen and oxygen atoms in total. The Bertz CT molecular complexity index is 834. The summed E-state index contributed by atoms with van der Waals surface area (Å²) in [6.45, 7) is 4.67. The highest BCUT2D eigenvalue weighted by Crippen LogP contribution is 2.22. The molecule has 8 heteroatoms. The molecule has 0 bridgehead atoms. The monoisotopic (exact) mass is 400 g/mol. The van der Waals surface area contributed by atoms with Crippen LogP contribution in [-0.2, 0) is 9.59 Å². The quantitative estimate of drug-likeness (QED) is 0.806. The van der Waals surface area contributed by atoms with E-state index in [1.54, 1.807) is 40.7 Å². The van der Waals surface area contributed by atoms with E-state index in [0.29, 0.717) is 29.5 Å². The first-order valence-electron chi connectivity index (χ1n) is 9.34. The van der Waals surface area contributed by atoms with Gasteiger partial charge in [-0.3, -0.25) is 14.4 Å². The zero-order valence-corrected chi connectivity index (χ0v) is 16.8. The number of nitrogens with zero attached hydrogens (tertiary/aromatic N) is 2. The summed E-state index contributed by atoms with van der Waals surface area (Å²) in [5, 5.41) is 8.01. The van der Waals surface area contributed by atoms with Crippen molar-refractivity contribution in [2.45, 2.75) is 26.7 Å². The maximum Gasteiger partial charge on any atom is 0.253 e. The van der Waals surface area contributed by atoms with Crippen molar-refractivity contribution in [1.82, 2.24) is 9.88 Å². The molecule has 1 aromatic carbocycles. The van der Waals surface area contributed by atoms with Gasteiger partial charge in [0.1, 0.15) is 0 Å². The van der Waals surface area contributed by atoms with Gasteiger partial charge in [0.25, 0.3) is 5.91 Å². The van der Waals surface area contributed by atoms with Crippen molar-refractivity contribution in [3.8, 4) is 0 Å². The van der Waals surface area contributed by atoms with Crippen molar-refractivity contribution in [2.24, 2.45) is 11.8 Å². The van der Waals surface area contributed by atoms with Crippen LogP contribution in [0.15, 0.2) is 35.8 Å². The second kappa shape index (κ2) is 8.97.